The molecule has 7 heteroatoms. The van der Waals surface area contributed by atoms with E-state index in [0.29, 0.717) is 25.9 Å². The maximum Gasteiger partial charge on any atom is 0.325 e. The fraction of sp³-hybridized carbons (Fsp3) is 0.591. The maximum atomic E-state index is 12.9. The van der Waals surface area contributed by atoms with Gasteiger partial charge in [-0.05, 0) is 25.3 Å². The number of urea groups is 1. The molecule has 0 atom stereocenters. The van der Waals surface area contributed by atoms with Gasteiger partial charge in [-0.15, -0.1) is 0 Å². The molecule has 0 bridgehead atoms. The molecule has 29 heavy (non-hydrogen) atoms. The summed E-state index contributed by atoms with van der Waals surface area (Å²) in [5, 5.41) is 2.87. The minimum Gasteiger partial charge on any atom is -0.339 e. The zero-order valence-electron chi connectivity index (χ0n) is 17.2. The smallest absolute Gasteiger partial charge is 0.325 e. The van der Waals surface area contributed by atoms with Crippen LogP contribution in [0.4, 0.5) is 4.79 Å². The lowest BCUT2D eigenvalue weighted by molar-refractivity contribution is -0.140. The van der Waals surface area contributed by atoms with Crippen LogP contribution in [0.5, 0.6) is 0 Å². The van der Waals surface area contributed by atoms with Crippen LogP contribution in [0.3, 0.4) is 0 Å². The van der Waals surface area contributed by atoms with Gasteiger partial charge in [0.2, 0.25) is 5.91 Å². The second-order valence-electron chi connectivity index (χ2n) is 8.61. The zero-order valence-corrected chi connectivity index (χ0v) is 17.2. The highest BCUT2D eigenvalue weighted by Gasteiger charge is 2.51. The summed E-state index contributed by atoms with van der Waals surface area (Å²) in [6.45, 7) is 5.66. The number of carbonyl (C=O) groups excluding carboxylic acids is 3. The van der Waals surface area contributed by atoms with E-state index in [1.165, 1.54) is 11.1 Å². The molecule has 0 unspecified atom stereocenters. The summed E-state index contributed by atoms with van der Waals surface area (Å²) < 4.78 is 0. The van der Waals surface area contributed by atoms with Crippen molar-refractivity contribution < 1.29 is 14.4 Å². The quantitative estimate of drug-likeness (QED) is 0.787. The molecule has 1 spiro atoms. The molecule has 3 fully saturated rings. The van der Waals surface area contributed by atoms with E-state index < -0.39 is 11.6 Å². The predicted molar refractivity (Wildman–Crippen MR) is 109 cm³/mol. The normalized spacial score (nSPS) is 22.2. The Morgan fingerprint density at radius 2 is 1.79 bits per heavy atom. The molecule has 1 aliphatic carbocycles. The standard InChI is InChI=1S/C22H30N4O3/c1-17-6-5-7-18(14-17)15-24-10-12-25(13-11-24)19(27)16-26-20(28)22(23-21(26)29)8-3-2-4-9-22/h5-7,14H,2-4,8-13,15-16H2,1H3,(H,23,29). The molecular formula is C22H30N4O3. The average Bonchev–Trinajstić information content (AvgIpc) is 2.93. The highest BCUT2D eigenvalue weighted by atomic mass is 16.2. The lowest BCUT2D eigenvalue weighted by atomic mass is 9.82. The number of nitrogens with one attached hydrogen (secondary N) is 1. The van der Waals surface area contributed by atoms with Gasteiger partial charge in [0.1, 0.15) is 12.1 Å². The van der Waals surface area contributed by atoms with E-state index in [0.717, 1.165) is 43.8 Å². The van der Waals surface area contributed by atoms with E-state index in [-0.39, 0.29) is 18.4 Å². The third-order valence-corrected chi connectivity index (χ3v) is 6.46. The largest absolute Gasteiger partial charge is 0.339 e. The molecule has 7 nitrogen and oxygen atoms in total. The van der Waals surface area contributed by atoms with Crippen LogP contribution in [-0.4, -0.2) is 70.8 Å². The number of aryl methyl sites for hydroxylation is 1. The summed E-state index contributed by atoms with van der Waals surface area (Å²) in [7, 11) is 0. The Balaban J connectivity index is 1.30. The molecule has 2 saturated heterocycles. The highest BCUT2D eigenvalue weighted by Crippen LogP contribution is 2.33. The Bertz CT molecular complexity index is 795. The number of hydrogen-bond donors (Lipinski definition) is 1. The first kappa shape index (κ1) is 19.9. The summed E-state index contributed by atoms with van der Waals surface area (Å²) in [5.74, 6) is -0.356. The molecule has 2 heterocycles. The average molecular weight is 399 g/mol. The molecule has 3 aliphatic rings. The number of rotatable bonds is 4. The van der Waals surface area contributed by atoms with Gasteiger partial charge in [0.05, 0.1) is 0 Å². The Hall–Kier alpha value is -2.41. The van der Waals surface area contributed by atoms with Crippen molar-refractivity contribution in [2.24, 2.45) is 0 Å². The number of benzene rings is 1. The van der Waals surface area contributed by atoms with Gasteiger partial charge in [0, 0.05) is 32.7 Å². The Morgan fingerprint density at radius 1 is 1.07 bits per heavy atom. The third-order valence-electron chi connectivity index (χ3n) is 6.46. The number of amides is 4. The maximum absolute atomic E-state index is 12.9. The fourth-order valence-electron chi connectivity index (χ4n) is 4.77. The summed E-state index contributed by atoms with van der Waals surface area (Å²) in [6.07, 6.45) is 4.34. The monoisotopic (exact) mass is 398 g/mol. The number of imide groups is 1. The third kappa shape index (κ3) is 4.15. The first-order valence-corrected chi connectivity index (χ1v) is 10.7. The molecule has 4 rings (SSSR count). The molecule has 2 aliphatic heterocycles. The van der Waals surface area contributed by atoms with Crippen molar-refractivity contribution in [3.05, 3.63) is 35.4 Å². The summed E-state index contributed by atoms with van der Waals surface area (Å²) >= 11 is 0. The van der Waals surface area contributed by atoms with Crippen LogP contribution in [0.15, 0.2) is 24.3 Å². The molecule has 0 aromatic heterocycles. The highest BCUT2D eigenvalue weighted by molar-refractivity contribution is 6.09. The molecule has 156 valence electrons. The SMILES string of the molecule is Cc1cccc(CN2CCN(C(=O)CN3C(=O)NC4(CCCCC4)C3=O)CC2)c1. The van der Waals surface area contributed by atoms with Crippen molar-refractivity contribution in [2.45, 2.75) is 51.1 Å². The topological polar surface area (TPSA) is 73.0 Å². The zero-order chi connectivity index (χ0) is 20.4. The van der Waals surface area contributed by atoms with Crippen molar-refractivity contribution in [3.8, 4) is 0 Å². The van der Waals surface area contributed by atoms with Crippen molar-refractivity contribution in [2.75, 3.05) is 32.7 Å². The Morgan fingerprint density at radius 3 is 2.48 bits per heavy atom. The Kier molecular flexibility index (Phi) is 5.58. The van der Waals surface area contributed by atoms with Crippen LogP contribution < -0.4 is 5.32 Å². The van der Waals surface area contributed by atoms with Crippen LogP contribution >= 0.6 is 0 Å². The fourth-order valence-corrected chi connectivity index (χ4v) is 4.77. The van der Waals surface area contributed by atoms with Crippen molar-refractivity contribution in [3.63, 3.8) is 0 Å². The number of nitrogens with zero attached hydrogens (tertiary/aromatic N) is 3. The predicted octanol–water partition coefficient (Wildman–Crippen LogP) is 1.89. The molecule has 1 N–H and O–H groups in total. The van der Waals surface area contributed by atoms with Gasteiger partial charge in [-0.3, -0.25) is 19.4 Å². The van der Waals surface area contributed by atoms with E-state index in [1.54, 1.807) is 4.90 Å². The summed E-state index contributed by atoms with van der Waals surface area (Å²) in [6, 6.07) is 8.07. The molecule has 4 amide bonds. The lowest BCUT2D eigenvalue weighted by Gasteiger charge is -2.35. The van der Waals surface area contributed by atoms with Crippen LogP contribution in [0.1, 0.15) is 43.2 Å². The molecule has 0 radical (unpaired) electrons. The van der Waals surface area contributed by atoms with E-state index in [2.05, 4.69) is 41.4 Å². The van der Waals surface area contributed by atoms with E-state index >= 15 is 0 Å². The van der Waals surface area contributed by atoms with E-state index in [9.17, 15) is 14.4 Å². The number of carbonyl (C=O) groups is 3. The Labute approximate surface area is 172 Å². The van der Waals surface area contributed by atoms with E-state index in [4.69, 9.17) is 0 Å². The first-order valence-electron chi connectivity index (χ1n) is 10.7. The summed E-state index contributed by atoms with van der Waals surface area (Å²) in [5.41, 5.74) is 1.77. The van der Waals surface area contributed by atoms with Gasteiger partial charge in [-0.2, -0.15) is 0 Å². The van der Waals surface area contributed by atoms with Crippen molar-refractivity contribution in [1.82, 2.24) is 20.0 Å². The van der Waals surface area contributed by atoms with Gasteiger partial charge in [0.15, 0.2) is 0 Å². The van der Waals surface area contributed by atoms with Gasteiger partial charge >= 0.3 is 6.03 Å². The molecule has 1 aromatic carbocycles. The molecular weight excluding hydrogens is 368 g/mol. The number of hydrogen-bond acceptors (Lipinski definition) is 4. The number of piperazine rings is 1. The van der Waals surface area contributed by atoms with Crippen molar-refractivity contribution >= 4 is 17.8 Å². The second kappa shape index (κ2) is 8.14. The molecule has 1 aromatic rings. The molecule has 1 saturated carbocycles. The second-order valence-corrected chi connectivity index (χ2v) is 8.61. The minimum atomic E-state index is -0.762. The van der Waals surface area contributed by atoms with Gasteiger partial charge < -0.3 is 10.2 Å². The summed E-state index contributed by atoms with van der Waals surface area (Å²) in [4.78, 5) is 43.2. The van der Waals surface area contributed by atoms with Crippen LogP contribution in [0, 0.1) is 6.92 Å². The van der Waals surface area contributed by atoms with Crippen LogP contribution in [0.25, 0.3) is 0 Å². The van der Waals surface area contributed by atoms with Gasteiger partial charge in [-0.1, -0.05) is 49.1 Å². The van der Waals surface area contributed by atoms with Crippen LogP contribution in [-0.2, 0) is 16.1 Å². The van der Waals surface area contributed by atoms with Gasteiger partial charge in [-0.25, -0.2) is 4.79 Å². The van der Waals surface area contributed by atoms with Crippen molar-refractivity contribution in [1.29, 1.82) is 0 Å². The van der Waals surface area contributed by atoms with Crippen LogP contribution in [0.2, 0.25) is 0 Å². The minimum absolute atomic E-state index is 0.142. The lowest BCUT2D eigenvalue weighted by Crippen LogP contribution is -2.52. The first-order chi connectivity index (χ1) is 14.0. The van der Waals surface area contributed by atoms with Gasteiger partial charge in [0.25, 0.3) is 5.91 Å². The van der Waals surface area contributed by atoms with E-state index in [1.807, 2.05) is 0 Å².